The van der Waals surface area contributed by atoms with Crippen LogP contribution < -0.4 is 10.6 Å². The van der Waals surface area contributed by atoms with Gasteiger partial charge in [-0.3, -0.25) is 0 Å². The van der Waals surface area contributed by atoms with Crippen molar-refractivity contribution in [2.45, 2.75) is 18.9 Å². The van der Waals surface area contributed by atoms with E-state index in [9.17, 15) is 0 Å². The standard InChI is InChI=1S/C27H25N3/c1-30(24-18-16-20-14-8-13-19-15-17-23(24)25(19)20)27(28)29-26(21-9-4-2-5-10-21)22-11-6-3-7-12-22/h2-14,16,18,26H,15,17H2,1H3,(H2,28,29). The van der Waals surface area contributed by atoms with Crippen LogP contribution in [0.4, 0.5) is 5.69 Å². The molecule has 1 aliphatic rings. The molecule has 0 fully saturated rings. The van der Waals surface area contributed by atoms with E-state index in [1.807, 2.05) is 48.3 Å². The molecule has 2 N–H and O–H groups in total. The first-order valence-corrected chi connectivity index (χ1v) is 10.4. The lowest BCUT2D eigenvalue weighted by Gasteiger charge is -2.23. The van der Waals surface area contributed by atoms with Gasteiger partial charge in [0.2, 0.25) is 0 Å². The minimum Gasteiger partial charge on any atom is -0.369 e. The Morgan fingerprint density at radius 2 is 1.47 bits per heavy atom. The molecular weight excluding hydrogens is 366 g/mol. The Balaban J connectivity index is 1.56. The summed E-state index contributed by atoms with van der Waals surface area (Å²) < 4.78 is 0. The average Bonchev–Trinajstić information content (AvgIpc) is 3.24. The lowest BCUT2D eigenvalue weighted by Crippen LogP contribution is -2.35. The average molecular weight is 392 g/mol. The minimum absolute atomic E-state index is 0.139. The summed E-state index contributed by atoms with van der Waals surface area (Å²) in [4.78, 5) is 7.02. The molecule has 3 nitrogen and oxygen atoms in total. The van der Waals surface area contributed by atoms with Crippen molar-refractivity contribution in [3.63, 3.8) is 0 Å². The van der Waals surface area contributed by atoms with Gasteiger partial charge in [-0.1, -0.05) is 84.9 Å². The van der Waals surface area contributed by atoms with E-state index < -0.39 is 0 Å². The van der Waals surface area contributed by atoms with Crippen LogP contribution >= 0.6 is 0 Å². The quantitative estimate of drug-likeness (QED) is 0.370. The highest BCUT2D eigenvalue weighted by Gasteiger charge is 2.21. The Morgan fingerprint density at radius 1 is 0.800 bits per heavy atom. The normalized spacial score (nSPS) is 13.2. The van der Waals surface area contributed by atoms with Crippen molar-refractivity contribution in [2.24, 2.45) is 10.7 Å². The summed E-state index contributed by atoms with van der Waals surface area (Å²) in [5.41, 5.74) is 12.8. The van der Waals surface area contributed by atoms with Crippen molar-refractivity contribution in [1.82, 2.24) is 0 Å². The molecule has 0 bridgehead atoms. The number of benzene rings is 4. The number of rotatable bonds is 4. The van der Waals surface area contributed by atoms with Crippen LogP contribution in [0.25, 0.3) is 10.8 Å². The second-order valence-corrected chi connectivity index (χ2v) is 7.85. The fourth-order valence-electron chi connectivity index (χ4n) is 4.51. The van der Waals surface area contributed by atoms with Gasteiger partial charge in [-0.05, 0) is 51.9 Å². The van der Waals surface area contributed by atoms with Crippen molar-refractivity contribution >= 4 is 22.4 Å². The zero-order valence-electron chi connectivity index (χ0n) is 17.1. The van der Waals surface area contributed by atoms with Gasteiger partial charge in [0, 0.05) is 12.7 Å². The van der Waals surface area contributed by atoms with Crippen molar-refractivity contribution < 1.29 is 0 Å². The molecule has 30 heavy (non-hydrogen) atoms. The Morgan fingerprint density at radius 3 is 2.13 bits per heavy atom. The van der Waals surface area contributed by atoms with Crippen molar-refractivity contribution in [3.8, 4) is 0 Å². The van der Waals surface area contributed by atoms with Gasteiger partial charge in [0.15, 0.2) is 5.96 Å². The first-order valence-electron chi connectivity index (χ1n) is 10.4. The molecule has 3 heteroatoms. The van der Waals surface area contributed by atoms with E-state index in [4.69, 9.17) is 10.7 Å². The zero-order valence-corrected chi connectivity index (χ0v) is 17.1. The number of anilines is 1. The summed E-state index contributed by atoms with van der Waals surface area (Å²) >= 11 is 0. The van der Waals surface area contributed by atoms with Gasteiger partial charge in [0.1, 0.15) is 6.04 Å². The van der Waals surface area contributed by atoms with E-state index in [1.165, 1.54) is 21.9 Å². The van der Waals surface area contributed by atoms with Crippen LogP contribution in [0, 0.1) is 0 Å². The van der Waals surface area contributed by atoms with E-state index in [-0.39, 0.29) is 6.04 Å². The second kappa shape index (κ2) is 7.68. The van der Waals surface area contributed by atoms with E-state index in [1.54, 1.807) is 0 Å². The molecule has 0 aliphatic heterocycles. The molecule has 4 aromatic rings. The largest absolute Gasteiger partial charge is 0.369 e. The van der Waals surface area contributed by atoms with E-state index >= 15 is 0 Å². The molecule has 0 amide bonds. The topological polar surface area (TPSA) is 41.6 Å². The Kier molecular flexibility index (Phi) is 4.72. The van der Waals surface area contributed by atoms with Gasteiger partial charge in [-0.15, -0.1) is 0 Å². The summed E-state index contributed by atoms with van der Waals surface area (Å²) in [6, 6.07) is 31.5. The Hall–Kier alpha value is -3.59. The van der Waals surface area contributed by atoms with Crippen LogP contribution in [0.5, 0.6) is 0 Å². The molecule has 0 spiro atoms. The molecule has 0 radical (unpaired) electrons. The number of guanidine groups is 1. The molecule has 0 aromatic heterocycles. The maximum Gasteiger partial charge on any atom is 0.196 e. The van der Waals surface area contributed by atoms with Crippen LogP contribution in [0.15, 0.2) is 96.0 Å². The Bertz CT molecular complexity index is 1170. The fraction of sp³-hybridized carbons (Fsp3) is 0.148. The van der Waals surface area contributed by atoms with Gasteiger partial charge >= 0.3 is 0 Å². The van der Waals surface area contributed by atoms with Gasteiger partial charge in [-0.2, -0.15) is 0 Å². The Labute approximate surface area is 177 Å². The molecule has 0 saturated heterocycles. The van der Waals surface area contributed by atoms with Gasteiger partial charge < -0.3 is 10.6 Å². The lowest BCUT2D eigenvalue weighted by atomic mass is 9.99. The number of hydrogen-bond acceptors (Lipinski definition) is 1. The number of nitrogens with two attached hydrogens (primary N) is 1. The second-order valence-electron chi connectivity index (χ2n) is 7.85. The zero-order chi connectivity index (χ0) is 20.5. The molecule has 1 aliphatic carbocycles. The number of nitrogens with zero attached hydrogens (tertiary/aromatic N) is 2. The summed E-state index contributed by atoms with van der Waals surface area (Å²) in [7, 11) is 2.02. The molecule has 0 atom stereocenters. The summed E-state index contributed by atoms with van der Waals surface area (Å²) in [6.07, 6.45) is 2.13. The van der Waals surface area contributed by atoms with Crippen molar-refractivity contribution in [3.05, 3.63) is 113 Å². The van der Waals surface area contributed by atoms with Crippen molar-refractivity contribution in [1.29, 1.82) is 0 Å². The third-order valence-electron chi connectivity index (χ3n) is 6.06. The highest BCUT2D eigenvalue weighted by molar-refractivity contribution is 6.01. The van der Waals surface area contributed by atoms with Crippen LogP contribution in [0.3, 0.4) is 0 Å². The third-order valence-corrected chi connectivity index (χ3v) is 6.06. The lowest BCUT2D eigenvalue weighted by molar-refractivity contribution is 0.862. The summed E-state index contributed by atoms with van der Waals surface area (Å²) in [6.45, 7) is 0. The highest BCUT2D eigenvalue weighted by Crippen LogP contribution is 2.37. The smallest absolute Gasteiger partial charge is 0.196 e. The highest BCUT2D eigenvalue weighted by atomic mass is 15.2. The summed E-state index contributed by atoms with van der Waals surface area (Å²) in [5.74, 6) is 0.521. The number of hydrogen-bond donors (Lipinski definition) is 1. The fourth-order valence-corrected chi connectivity index (χ4v) is 4.51. The molecular formula is C27H25N3. The van der Waals surface area contributed by atoms with Crippen LogP contribution in [0.2, 0.25) is 0 Å². The van der Waals surface area contributed by atoms with Gasteiger partial charge in [-0.25, -0.2) is 4.99 Å². The van der Waals surface area contributed by atoms with E-state index in [0.717, 1.165) is 29.7 Å². The van der Waals surface area contributed by atoms with Crippen LogP contribution in [-0.4, -0.2) is 13.0 Å². The van der Waals surface area contributed by atoms with Crippen LogP contribution in [-0.2, 0) is 12.8 Å². The summed E-state index contributed by atoms with van der Waals surface area (Å²) in [5, 5.41) is 2.69. The molecule has 5 rings (SSSR count). The molecule has 148 valence electrons. The number of aliphatic imine (C=N–C) groups is 1. The maximum absolute atomic E-state index is 6.59. The predicted octanol–water partition coefficient (Wildman–Crippen LogP) is 5.48. The first-order chi connectivity index (χ1) is 14.7. The molecule has 4 aromatic carbocycles. The molecule has 0 saturated carbocycles. The first kappa shape index (κ1) is 18.4. The van der Waals surface area contributed by atoms with Gasteiger partial charge in [0.05, 0.1) is 0 Å². The molecule has 0 heterocycles. The SMILES string of the molecule is CN(C(N)=NC(c1ccccc1)c1ccccc1)c1ccc2cccc3c2c1CC3. The van der Waals surface area contributed by atoms with Crippen molar-refractivity contribution in [2.75, 3.05) is 11.9 Å². The number of aryl methyl sites for hydroxylation is 2. The minimum atomic E-state index is -0.139. The monoisotopic (exact) mass is 391 g/mol. The molecule has 0 unspecified atom stereocenters. The maximum atomic E-state index is 6.59. The predicted molar refractivity (Wildman–Crippen MR) is 126 cm³/mol. The third kappa shape index (κ3) is 3.22. The van der Waals surface area contributed by atoms with Gasteiger partial charge in [0.25, 0.3) is 0 Å². The van der Waals surface area contributed by atoms with Crippen LogP contribution in [0.1, 0.15) is 28.3 Å². The van der Waals surface area contributed by atoms with E-state index in [0.29, 0.717) is 5.96 Å². The van der Waals surface area contributed by atoms with E-state index in [2.05, 4.69) is 54.6 Å².